The Kier molecular flexibility index (Phi) is 4.96. The molecule has 4 rings (SSSR count). The van der Waals surface area contributed by atoms with Gasteiger partial charge in [0.2, 0.25) is 5.89 Å². The first-order valence-corrected chi connectivity index (χ1v) is 9.30. The van der Waals surface area contributed by atoms with E-state index < -0.39 is 11.8 Å². The summed E-state index contributed by atoms with van der Waals surface area (Å²) < 4.78 is 30.8. The summed E-state index contributed by atoms with van der Waals surface area (Å²) in [6, 6.07) is 9.82. The largest absolute Gasteiger partial charge is 0.490 e. The summed E-state index contributed by atoms with van der Waals surface area (Å²) in [6.07, 6.45) is 2.36. The van der Waals surface area contributed by atoms with Crippen molar-refractivity contribution in [2.75, 3.05) is 0 Å². The maximum atomic E-state index is 13.7. The van der Waals surface area contributed by atoms with E-state index in [0.29, 0.717) is 18.7 Å². The molecule has 1 aromatic heterocycles. The topological polar surface area (TPSA) is 81.8 Å². The van der Waals surface area contributed by atoms with Gasteiger partial charge >= 0.3 is 11.9 Å². The number of halogens is 1. The fourth-order valence-corrected chi connectivity index (χ4v) is 3.37. The van der Waals surface area contributed by atoms with Crippen LogP contribution in [0.2, 0.25) is 0 Å². The number of aliphatic carboxylic acids is 1. The first-order chi connectivity index (χ1) is 13.9. The summed E-state index contributed by atoms with van der Waals surface area (Å²) in [6.45, 7) is 3.83. The predicted molar refractivity (Wildman–Crippen MR) is 103 cm³/mol. The van der Waals surface area contributed by atoms with Gasteiger partial charge in [-0.2, -0.15) is 0 Å². The van der Waals surface area contributed by atoms with E-state index in [4.69, 9.17) is 19.0 Å². The van der Waals surface area contributed by atoms with Gasteiger partial charge in [0.1, 0.15) is 18.1 Å². The van der Waals surface area contributed by atoms with E-state index in [9.17, 15) is 9.18 Å². The number of ether oxygens (including phenoxy) is 2. The number of oxazole rings is 1. The Morgan fingerprint density at radius 3 is 2.55 bits per heavy atom. The van der Waals surface area contributed by atoms with Crippen molar-refractivity contribution in [1.82, 2.24) is 4.98 Å². The van der Waals surface area contributed by atoms with Crippen LogP contribution in [-0.4, -0.2) is 22.2 Å². The summed E-state index contributed by atoms with van der Waals surface area (Å²) in [5.41, 5.74) is 2.54. The van der Waals surface area contributed by atoms with Crippen LogP contribution in [0.25, 0.3) is 11.5 Å². The Balaban J connectivity index is 1.49. The van der Waals surface area contributed by atoms with Crippen LogP contribution in [0, 0.1) is 25.6 Å². The summed E-state index contributed by atoms with van der Waals surface area (Å²) in [5, 5.41) is 9.00. The fraction of sp³-hybridized carbons (Fsp3) is 0.273. The van der Waals surface area contributed by atoms with Crippen LogP contribution in [0.3, 0.4) is 0 Å². The second kappa shape index (κ2) is 7.58. The number of carboxylic acid groups (broad SMARTS) is 1. The Bertz CT molecular complexity index is 1030. The monoisotopic (exact) mass is 397 g/mol. The van der Waals surface area contributed by atoms with Gasteiger partial charge < -0.3 is 19.0 Å². The maximum absolute atomic E-state index is 13.7. The van der Waals surface area contributed by atoms with Crippen molar-refractivity contribution in [3.63, 3.8) is 0 Å². The minimum Gasteiger partial charge on any atom is -0.490 e. The van der Waals surface area contributed by atoms with Crippen molar-refractivity contribution in [1.29, 1.82) is 0 Å². The van der Waals surface area contributed by atoms with Crippen LogP contribution in [0.4, 0.5) is 4.39 Å². The third-order valence-electron chi connectivity index (χ3n) is 4.97. The SMILES string of the molecule is Cc1cc(-c2ncc(Oc3ccccc3F)o2)cc(C)c1OC1CC(C(=O)O)C1. The Morgan fingerprint density at radius 2 is 1.90 bits per heavy atom. The molecule has 0 amide bonds. The molecule has 1 fully saturated rings. The van der Waals surface area contributed by atoms with Gasteiger partial charge in [-0.15, -0.1) is 0 Å². The molecule has 1 heterocycles. The van der Waals surface area contributed by atoms with E-state index >= 15 is 0 Å². The van der Waals surface area contributed by atoms with Gasteiger partial charge in [0.05, 0.1) is 5.92 Å². The number of aryl methyl sites for hydroxylation is 2. The first kappa shape index (κ1) is 19.0. The molecular weight excluding hydrogens is 377 g/mol. The van der Waals surface area contributed by atoms with Gasteiger partial charge in [0.25, 0.3) is 0 Å². The highest BCUT2D eigenvalue weighted by Gasteiger charge is 2.36. The molecular formula is C22H20FNO5. The number of carboxylic acids is 1. The number of carbonyl (C=O) groups is 1. The van der Waals surface area contributed by atoms with Crippen molar-refractivity contribution in [2.45, 2.75) is 32.8 Å². The number of para-hydroxylation sites is 1. The number of benzene rings is 2. The molecule has 1 saturated carbocycles. The van der Waals surface area contributed by atoms with Crippen LogP contribution >= 0.6 is 0 Å². The second-order valence-corrected chi connectivity index (χ2v) is 7.20. The number of aromatic nitrogens is 1. The maximum Gasteiger partial charge on any atom is 0.311 e. The molecule has 0 unspecified atom stereocenters. The smallest absolute Gasteiger partial charge is 0.311 e. The average Bonchev–Trinajstić information content (AvgIpc) is 3.09. The average molecular weight is 397 g/mol. The predicted octanol–water partition coefficient (Wildman–Crippen LogP) is 5.13. The minimum absolute atomic E-state index is 0.0615. The molecule has 0 aliphatic heterocycles. The molecule has 7 heteroatoms. The molecule has 1 aliphatic rings. The molecule has 0 atom stereocenters. The minimum atomic E-state index is -0.772. The highest BCUT2D eigenvalue weighted by molar-refractivity contribution is 5.71. The summed E-state index contributed by atoms with van der Waals surface area (Å²) >= 11 is 0. The highest BCUT2D eigenvalue weighted by Crippen LogP contribution is 2.37. The van der Waals surface area contributed by atoms with Gasteiger partial charge in [-0.25, -0.2) is 9.37 Å². The summed E-state index contributed by atoms with van der Waals surface area (Å²) in [7, 11) is 0. The lowest BCUT2D eigenvalue weighted by molar-refractivity contribution is -0.147. The zero-order valence-corrected chi connectivity index (χ0v) is 16.0. The van der Waals surface area contributed by atoms with Gasteiger partial charge in [-0.1, -0.05) is 12.1 Å². The van der Waals surface area contributed by atoms with Crippen LogP contribution in [-0.2, 0) is 4.79 Å². The molecule has 3 aromatic rings. The van der Waals surface area contributed by atoms with E-state index in [1.165, 1.54) is 18.3 Å². The van der Waals surface area contributed by atoms with Crippen LogP contribution in [0.15, 0.2) is 47.0 Å². The first-order valence-electron chi connectivity index (χ1n) is 9.30. The number of rotatable bonds is 6. The Labute approximate surface area is 166 Å². The molecule has 0 radical (unpaired) electrons. The van der Waals surface area contributed by atoms with Gasteiger partial charge in [0, 0.05) is 5.56 Å². The zero-order valence-electron chi connectivity index (χ0n) is 16.0. The molecule has 2 aromatic carbocycles. The number of nitrogens with zero attached hydrogens (tertiary/aromatic N) is 1. The lowest BCUT2D eigenvalue weighted by Crippen LogP contribution is -2.38. The third-order valence-corrected chi connectivity index (χ3v) is 4.97. The van der Waals surface area contributed by atoms with E-state index in [1.807, 2.05) is 26.0 Å². The molecule has 6 nitrogen and oxygen atoms in total. The van der Waals surface area contributed by atoms with Crippen molar-refractivity contribution in [2.24, 2.45) is 5.92 Å². The van der Waals surface area contributed by atoms with Crippen molar-refractivity contribution in [3.8, 4) is 28.9 Å². The normalized spacial score (nSPS) is 18.2. The number of hydrogen-bond donors (Lipinski definition) is 1. The van der Waals surface area contributed by atoms with Gasteiger partial charge in [-0.3, -0.25) is 4.79 Å². The van der Waals surface area contributed by atoms with E-state index in [2.05, 4.69) is 4.98 Å². The molecule has 0 spiro atoms. The van der Waals surface area contributed by atoms with Crippen molar-refractivity contribution in [3.05, 3.63) is 59.5 Å². The molecule has 1 N–H and O–H groups in total. The highest BCUT2D eigenvalue weighted by atomic mass is 19.1. The van der Waals surface area contributed by atoms with Gasteiger partial charge in [0.15, 0.2) is 11.6 Å². The lowest BCUT2D eigenvalue weighted by atomic mass is 9.82. The van der Waals surface area contributed by atoms with Crippen LogP contribution < -0.4 is 9.47 Å². The quantitative estimate of drug-likeness (QED) is 0.621. The molecule has 1 aliphatic carbocycles. The lowest BCUT2D eigenvalue weighted by Gasteiger charge is -2.33. The Hall–Kier alpha value is -3.35. The van der Waals surface area contributed by atoms with E-state index in [0.717, 1.165) is 22.4 Å². The molecule has 150 valence electrons. The van der Waals surface area contributed by atoms with Crippen LogP contribution in [0.1, 0.15) is 24.0 Å². The Morgan fingerprint density at radius 1 is 1.21 bits per heavy atom. The van der Waals surface area contributed by atoms with Crippen LogP contribution in [0.5, 0.6) is 17.4 Å². The molecule has 0 bridgehead atoms. The van der Waals surface area contributed by atoms with Gasteiger partial charge in [-0.05, 0) is 62.1 Å². The standard InChI is InChI=1S/C22H20FNO5/c1-12-7-14(8-13(2)20(12)27-16-9-15(10-16)22(25)26)21-24-11-19(29-21)28-18-6-4-3-5-17(18)23/h3-8,11,15-16H,9-10H2,1-2H3,(H,25,26). The third kappa shape index (κ3) is 3.94. The zero-order chi connectivity index (χ0) is 20.5. The van der Waals surface area contributed by atoms with Crippen molar-refractivity contribution < 1.29 is 28.2 Å². The second-order valence-electron chi connectivity index (χ2n) is 7.20. The number of hydrogen-bond acceptors (Lipinski definition) is 5. The molecule has 29 heavy (non-hydrogen) atoms. The van der Waals surface area contributed by atoms with E-state index in [-0.39, 0.29) is 23.7 Å². The molecule has 0 saturated heterocycles. The van der Waals surface area contributed by atoms with E-state index in [1.54, 1.807) is 12.1 Å². The fourth-order valence-electron chi connectivity index (χ4n) is 3.37. The van der Waals surface area contributed by atoms with Crippen molar-refractivity contribution >= 4 is 5.97 Å². The summed E-state index contributed by atoms with van der Waals surface area (Å²) in [5.74, 6) is -0.326. The summed E-state index contributed by atoms with van der Waals surface area (Å²) in [4.78, 5) is 15.2.